The van der Waals surface area contributed by atoms with E-state index in [0.29, 0.717) is 42.1 Å². The minimum absolute atomic E-state index is 0.0413. The largest absolute Gasteiger partial charge is 0.383 e. The highest BCUT2D eigenvalue weighted by molar-refractivity contribution is 5.98. The Balaban J connectivity index is 1.39. The van der Waals surface area contributed by atoms with Gasteiger partial charge in [-0.1, -0.05) is 36.9 Å². The Labute approximate surface area is 217 Å². The van der Waals surface area contributed by atoms with E-state index in [1.54, 1.807) is 4.90 Å². The number of hydrogen-bond acceptors (Lipinski definition) is 6. The molecule has 10 heteroatoms. The second-order valence-electron chi connectivity index (χ2n) is 9.26. The van der Waals surface area contributed by atoms with Gasteiger partial charge in [-0.05, 0) is 43.0 Å². The van der Waals surface area contributed by atoms with E-state index in [1.807, 2.05) is 28.9 Å². The van der Waals surface area contributed by atoms with Gasteiger partial charge in [-0.3, -0.25) is 9.59 Å². The van der Waals surface area contributed by atoms with Crippen molar-refractivity contribution in [3.63, 3.8) is 0 Å². The van der Waals surface area contributed by atoms with Gasteiger partial charge in [0.1, 0.15) is 17.8 Å². The Hall–Kier alpha value is -4.47. The third kappa shape index (κ3) is 4.77. The fraction of sp³-hybridized carbons (Fsp3) is 0.250. The Morgan fingerprint density at radius 2 is 1.92 bits per heavy atom. The van der Waals surface area contributed by atoms with Crippen LogP contribution in [0.2, 0.25) is 0 Å². The molecule has 0 bridgehead atoms. The number of aryl methyl sites for hydroxylation is 1. The highest BCUT2D eigenvalue weighted by atomic mass is 19.2. The number of nitrogens with two attached hydrogens (primary N) is 1. The molecule has 1 unspecified atom stereocenters. The first-order valence-corrected chi connectivity index (χ1v) is 12.3. The number of hydrogen-bond donors (Lipinski definition) is 1. The van der Waals surface area contributed by atoms with Crippen LogP contribution in [0.15, 0.2) is 61.4 Å². The average Bonchev–Trinajstić information content (AvgIpc) is 3.34. The van der Waals surface area contributed by atoms with Crippen LogP contribution in [0.3, 0.4) is 0 Å². The lowest BCUT2D eigenvalue weighted by Crippen LogP contribution is -2.40. The predicted octanol–water partition coefficient (Wildman–Crippen LogP) is 4.52. The van der Waals surface area contributed by atoms with Crippen LogP contribution < -0.4 is 5.73 Å². The summed E-state index contributed by atoms with van der Waals surface area (Å²) in [6.45, 7) is 4.75. The summed E-state index contributed by atoms with van der Waals surface area (Å²) in [4.78, 5) is 35.0. The van der Waals surface area contributed by atoms with Gasteiger partial charge in [0.05, 0.1) is 17.0 Å². The summed E-state index contributed by atoms with van der Waals surface area (Å²) in [5, 5.41) is 5.49. The van der Waals surface area contributed by atoms with Gasteiger partial charge < -0.3 is 10.6 Å². The number of carbonyl (C=O) groups is 2. The first-order chi connectivity index (χ1) is 18.4. The number of likely N-dealkylation sites (tertiary alicyclic amines) is 1. The first kappa shape index (κ1) is 25.2. The normalized spacial score (nSPS) is 15.5. The maximum Gasteiger partial charge on any atom is 0.246 e. The van der Waals surface area contributed by atoms with E-state index < -0.39 is 17.4 Å². The number of rotatable bonds is 7. The molecule has 194 valence electrons. The molecule has 0 saturated carbocycles. The van der Waals surface area contributed by atoms with Gasteiger partial charge in [0, 0.05) is 25.1 Å². The van der Waals surface area contributed by atoms with E-state index in [4.69, 9.17) is 10.8 Å². The second-order valence-corrected chi connectivity index (χ2v) is 9.26. The van der Waals surface area contributed by atoms with Crippen LogP contribution in [0.5, 0.6) is 0 Å². The maximum absolute atomic E-state index is 13.9. The number of Topliss-reactive ketones (excluding diaryl/α,β-unsaturated/α-hetero) is 1. The molecule has 2 N–H and O–H groups in total. The molecule has 1 aliphatic rings. The first-order valence-electron chi connectivity index (χ1n) is 12.3. The van der Waals surface area contributed by atoms with Crippen LogP contribution in [0.1, 0.15) is 41.2 Å². The van der Waals surface area contributed by atoms with Crippen LogP contribution in [-0.2, 0) is 11.2 Å². The number of amides is 1. The van der Waals surface area contributed by atoms with E-state index in [9.17, 15) is 18.4 Å². The summed E-state index contributed by atoms with van der Waals surface area (Å²) in [6.07, 6.45) is 4.79. The molecular weight excluding hydrogens is 490 g/mol. The zero-order valence-corrected chi connectivity index (χ0v) is 20.6. The zero-order chi connectivity index (χ0) is 26.8. The Morgan fingerprint density at radius 3 is 2.68 bits per heavy atom. The molecule has 3 heterocycles. The Morgan fingerprint density at radius 1 is 1.13 bits per heavy atom. The molecule has 0 radical (unpaired) electrons. The number of fused-ring (bicyclic) bond motifs is 1. The van der Waals surface area contributed by atoms with Crippen molar-refractivity contribution in [1.29, 1.82) is 0 Å². The van der Waals surface area contributed by atoms with Crippen LogP contribution in [0, 0.1) is 11.6 Å². The summed E-state index contributed by atoms with van der Waals surface area (Å²) in [6, 6.07) is 11.0. The monoisotopic (exact) mass is 516 g/mol. The van der Waals surface area contributed by atoms with Crippen LogP contribution in [-0.4, -0.2) is 49.4 Å². The Bertz CT molecular complexity index is 1530. The number of halogens is 2. The molecule has 1 atom stereocenters. The number of aromatic nitrogens is 4. The van der Waals surface area contributed by atoms with Gasteiger partial charge in [0.25, 0.3) is 0 Å². The minimum atomic E-state index is -1.12. The van der Waals surface area contributed by atoms with E-state index in [1.165, 1.54) is 24.5 Å². The van der Waals surface area contributed by atoms with Crippen LogP contribution in [0.4, 0.5) is 14.6 Å². The van der Waals surface area contributed by atoms with E-state index in [-0.39, 0.29) is 23.9 Å². The minimum Gasteiger partial charge on any atom is -0.383 e. The predicted molar refractivity (Wildman–Crippen MR) is 139 cm³/mol. The lowest BCUT2D eigenvalue weighted by atomic mass is 10.0. The third-order valence-electron chi connectivity index (χ3n) is 6.87. The van der Waals surface area contributed by atoms with Gasteiger partial charge in [-0.25, -0.2) is 23.4 Å². The van der Waals surface area contributed by atoms with Crippen molar-refractivity contribution >= 4 is 28.5 Å². The maximum atomic E-state index is 13.9. The van der Waals surface area contributed by atoms with Crippen LogP contribution in [0.25, 0.3) is 22.3 Å². The van der Waals surface area contributed by atoms with E-state index >= 15 is 0 Å². The topological polar surface area (TPSA) is 107 Å². The number of carbonyl (C=O) groups excluding carboxylic acids is 2. The molecule has 1 amide bonds. The highest BCUT2D eigenvalue weighted by Gasteiger charge is 2.28. The summed E-state index contributed by atoms with van der Waals surface area (Å²) in [5.74, 6) is -2.43. The molecule has 0 spiro atoms. The molecule has 2 aromatic carbocycles. The lowest BCUT2D eigenvalue weighted by Gasteiger charge is -2.32. The van der Waals surface area contributed by atoms with Crippen molar-refractivity contribution in [1.82, 2.24) is 24.6 Å². The van der Waals surface area contributed by atoms with Crippen molar-refractivity contribution in [2.75, 3.05) is 18.8 Å². The number of nitrogen functional groups attached to an aromatic ring is 1. The molecule has 8 nitrogen and oxygen atoms in total. The summed E-state index contributed by atoms with van der Waals surface area (Å²) < 4.78 is 29.2. The molecule has 38 heavy (non-hydrogen) atoms. The van der Waals surface area contributed by atoms with Crippen molar-refractivity contribution in [2.24, 2.45) is 0 Å². The standard InChI is InChI=1S/C28H26F2N6O2/c1-2-23(38)35-14-4-5-19(15-35)36-28-24(27(31)32-16-33-28)26(34-36)18-11-8-17(9-12-18)10-13-22(37)20-6-3-7-21(29)25(20)30/h2-3,6-9,11-12,16,19H,1,4-5,10,13-15H2,(H2,31,32,33). The van der Waals surface area contributed by atoms with Crippen molar-refractivity contribution < 1.29 is 18.4 Å². The molecule has 1 fully saturated rings. The Kier molecular flexibility index (Phi) is 6.95. The molecule has 2 aromatic heterocycles. The number of piperidine rings is 1. The van der Waals surface area contributed by atoms with Crippen molar-refractivity contribution in [3.8, 4) is 11.3 Å². The van der Waals surface area contributed by atoms with Gasteiger partial charge in [-0.15, -0.1) is 0 Å². The third-order valence-corrected chi connectivity index (χ3v) is 6.87. The summed E-state index contributed by atoms with van der Waals surface area (Å²) >= 11 is 0. The summed E-state index contributed by atoms with van der Waals surface area (Å²) in [7, 11) is 0. The lowest BCUT2D eigenvalue weighted by molar-refractivity contribution is -0.127. The molecule has 5 rings (SSSR count). The quantitative estimate of drug-likeness (QED) is 0.286. The number of benzene rings is 2. The molecule has 0 aliphatic carbocycles. The number of anilines is 1. The smallest absolute Gasteiger partial charge is 0.246 e. The van der Waals surface area contributed by atoms with Gasteiger partial charge in [0.2, 0.25) is 5.91 Å². The molecule has 1 aliphatic heterocycles. The fourth-order valence-corrected chi connectivity index (χ4v) is 4.88. The fourth-order valence-electron chi connectivity index (χ4n) is 4.88. The van der Waals surface area contributed by atoms with Crippen molar-refractivity contribution in [2.45, 2.75) is 31.7 Å². The SMILES string of the molecule is C=CC(=O)N1CCCC(n2nc(-c3ccc(CCC(=O)c4cccc(F)c4F)cc3)c3c(N)ncnc32)C1. The van der Waals surface area contributed by atoms with Crippen LogP contribution >= 0.6 is 0 Å². The van der Waals surface area contributed by atoms with Crippen molar-refractivity contribution in [3.05, 3.63) is 84.2 Å². The highest BCUT2D eigenvalue weighted by Crippen LogP contribution is 2.34. The summed E-state index contributed by atoms with van der Waals surface area (Å²) in [5.41, 5.74) is 8.86. The molecular formula is C28H26F2N6O2. The molecule has 1 saturated heterocycles. The number of ketones is 1. The van der Waals surface area contributed by atoms with E-state index in [0.717, 1.165) is 30.0 Å². The number of nitrogens with zero attached hydrogens (tertiary/aromatic N) is 5. The van der Waals surface area contributed by atoms with Gasteiger partial charge in [-0.2, -0.15) is 5.10 Å². The second kappa shape index (κ2) is 10.5. The van der Waals surface area contributed by atoms with Gasteiger partial charge >= 0.3 is 0 Å². The molecule has 4 aromatic rings. The zero-order valence-electron chi connectivity index (χ0n) is 20.6. The average molecular weight is 517 g/mol. The van der Waals surface area contributed by atoms with E-state index in [2.05, 4.69) is 16.5 Å². The van der Waals surface area contributed by atoms with Gasteiger partial charge in [0.15, 0.2) is 23.1 Å².